The van der Waals surface area contributed by atoms with Crippen LogP contribution >= 0.6 is 15.6 Å². The molecule has 0 saturated carbocycles. The van der Waals surface area contributed by atoms with Crippen molar-refractivity contribution in [2.24, 2.45) is 5.92 Å². The number of ether oxygens (including phenoxy) is 4. The Hall–Kier alpha value is -1.94. The number of carbonyl (C=O) groups excluding carboxylic acids is 4. The summed E-state index contributed by atoms with van der Waals surface area (Å²) in [6, 6.07) is 0. The van der Waals surface area contributed by atoms with E-state index >= 15 is 0 Å². The topological polar surface area (TPSA) is 237 Å². The van der Waals surface area contributed by atoms with Gasteiger partial charge < -0.3 is 33.8 Å². The Morgan fingerprint density at radius 3 is 0.899 bits per heavy atom. The van der Waals surface area contributed by atoms with Crippen molar-refractivity contribution in [1.29, 1.82) is 0 Å². The van der Waals surface area contributed by atoms with Gasteiger partial charge in [-0.15, -0.1) is 0 Å². The molecule has 0 aliphatic carbocycles. The number of phosphoric ester groups is 2. The molecule has 0 aliphatic rings. The lowest BCUT2D eigenvalue weighted by molar-refractivity contribution is -0.161. The molecule has 0 fully saturated rings. The lowest BCUT2D eigenvalue weighted by Gasteiger charge is -2.21. The van der Waals surface area contributed by atoms with Gasteiger partial charge in [-0.2, -0.15) is 0 Å². The average molecular weight is 1170 g/mol. The van der Waals surface area contributed by atoms with Crippen LogP contribution in [0.4, 0.5) is 0 Å². The van der Waals surface area contributed by atoms with Gasteiger partial charge in [0.1, 0.15) is 19.3 Å². The largest absolute Gasteiger partial charge is 0.472 e. The maximum Gasteiger partial charge on any atom is 0.472 e. The molecule has 468 valence electrons. The van der Waals surface area contributed by atoms with Gasteiger partial charge in [-0.25, -0.2) is 9.13 Å². The Morgan fingerprint density at radius 2 is 0.608 bits per heavy atom. The summed E-state index contributed by atoms with van der Waals surface area (Å²) in [4.78, 5) is 71.7. The number of unbranched alkanes of at least 4 members (excludes halogenated alkanes) is 31. The van der Waals surface area contributed by atoms with Crippen LogP contribution in [0, 0.1) is 5.92 Å². The highest BCUT2D eigenvalue weighted by Gasteiger charge is 2.30. The van der Waals surface area contributed by atoms with E-state index in [0.717, 1.165) is 115 Å². The number of esters is 4. The van der Waals surface area contributed by atoms with Crippen LogP contribution in [-0.4, -0.2) is 96.7 Å². The molecule has 0 amide bonds. The first-order valence-corrected chi connectivity index (χ1v) is 34.7. The number of aliphatic hydroxyl groups excluding tert-OH is 1. The van der Waals surface area contributed by atoms with E-state index in [1.807, 2.05) is 0 Å². The zero-order valence-electron chi connectivity index (χ0n) is 50.5. The fraction of sp³-hybridized carbons (Fsp3) is 0.933. The maximum absolute atomic E-state index is 12.9. The predicted molar refractivity (Wildman–Crippen MR) is 312 cm³/mol. The standard InChI is InChI=1S/C60H116O17P2/c1-6-10-13-16-18-19-20-21-22-23-24-25-31-36-41-46-60(65)77-56(50-71-58(63)44-39-34-30-27-26-29-33-37-42-53(5)9-4)52-75-79(68,69)73-48-54(61)47-72-78(66,67)74-51-55(49-70-57(62)43-38-32-15-12-8-3)76-59(64)45-40-35-28-17-14-11-7-2/h53-56,61H,6-52H2,1-5H3,(H,66,67)(H,68,69)/t53?,54-,55+,56+/m0/s1. The molecule has 3 N–H and O–H groups in total. The van der Waals surface area contributed by atoms with Gasteiger partial charge in [0, 0.05) is 25.7 Å². The first-order valence-electron chi connectivity index (χ1n) is 31.7. The lowest BCUT2D eigenvalue weighted by atomic mass is 9.99. The van der Waals surface area contributed by atoms with Gasteiger partial charge in [0.15, 0.2) is 12.2 Å². The van der Waals surface area contributed by atoms with E-state index in [1.165, 1.54) is 103 Å². The average Bonchev–Trinajstić information content (AvgIpc) is 3.42. The Kier molecular flexibility index (Phi) is 52.7. The molecule has 19 heteroatoms. The van der Waals surface area contributed by atoms with E-state index in [-0.39, 0.29) is 25.7 Å². The van der Waals surface area contributed by atoms with Crippen molar-refractivity contribution in [3.63, 3.8) is 0 Å². The Balaban J connectivity index is 5.16. The summed E-state index contributed by atoms with van der Waals surface area (Å²) in [5.74, 6) is -1.38. The molecule has 0 rings (SSSR count). The van der Waals surface area contributed by atoms with E-state index in [0.29, 0.717) is 25.7 Å². The first-order chi connectivity index (χ1) is 38.1. The van der Waals surface area contributed by atoms with Crippen molar-refractivity contribution in [2.75, 3.05) is 39.6 Å². The molecule has 6 atom stereocenters. The number of aliphatic hydroxyl groups is 1. The molecule has 0 bridgehead atoms. The Bertz CT molecular complexity index is 1550. The van der Waals surface area contributed by atoms with Crippen molar-refractivity contribution in [2.45, 2.75) is 316 Å². The summed E-state index contributed by atoms with van der Waals surface area (Å²) in [5.41, 5.74) is 0. The maximum atomic E-state index is 12.9. The van der Waals surface area contributed by atoms with Crippen LogP contribution in [0.3, 0.4) is 0 Å². The van der Waals surface area contributed by atoms with E-state index in [1.54, 1.807) is 0 Å². The minimum atomic E-state index is -4.94. The Labute approximate surface area is 479 Å². The first kappa shape index (κ1) is 77.1. The monoisotopic (exact) mass is 1170 g/mol. The summed E-state index contributed by atoms with van der Waals surface area (Å²) in [6.45, 7) is 7.04. The van der Waals surface area contributed by atoms with Crippen LogP contribution in [0.15, 0.2) is 0 Å². The molecular formula is C60H116O17P2. The van der Waals surface area contributed by atoms with E-state index in [4.69, 9.17) is 37.0 Å². The van der Waals surface area contributed by atoms with E-state index in [2.05, 4.69) is 34.6 Å². The van der Waals surface area contributed by atoms with E-state index in [9.17, 15) is 43.2 Å². The van der Waals surface area contributed by atoms with Gasteiger partial charge in [0.05, 0.1) is 26.4 Å². The molecule has 0 radical (unpaired) electrons. The fourth-order valence-electron chi connectivity index (χ4n) is 8.84. The molecule has 0 spiro atoms. The number of rotatable bonds is 60. The molecule has 3 unspecified atom stereocenters. The van der Waals surface area contributed by atoms with Crippen molar-refractivity contribution >= 4 is 39.5 Å². The second-order valence-corrected chi connectivity index (χ2v) is 24.9. The van der Waals surface area contributed by atoms with Gasteiger partial charge in [-0.1, -0.05) is 247 Å². The molecule has 0 aromatic heterocycles. The van der Waals surface area contributed by atoms with Crippen LogP contribution in [0.5, 0.6) is 0 Å². The SMILES string of the molecule is CCCCCCCCCCCCCCCCCC(=O)O[C@H](COC(=O)CCCCCCCCCCC(C)CC)COP(=O)(O)OC[C@@H](O)COP(=O)(O)OC[C@@H](COC(=O)CCCCCCC)OC(=O)CCCCCCCCC. The normalized spacial score (nSPS) is 14.7. The number of phosphoric acid groups is 2. The highest BCUT2D eigenvalue weighted by atomic mass is 31.2. The van der Waals surface area contributed by atoms with Crippen molar-refractivity contribution in [3.05, 3.63) is 0 Å². The highest BCUT2D eigenvalue weighted by molar-refractivity contribution is 7.47. The molecule has 0 aromatic carbocycles. The molecule has 0 saturated heterocycles. The number of hydrogen-bond donors (Lipinski definition) is 3. The molecule has 17 nitrogen and oxygen atoms in total. The van der Waals surface area contributed by atoms with Gasteiger partial charge in [0.2, 0.25) is 0 Å². The zero-order valence-corrected chi connectivity index (χ0v) is 52.3. The van der Waals surface area contributed by atoms with Gasteiger partial charge in [-0.3, -0.25) is 37.3 Å². The summed E-state index contributed by atoms with van der Waals surface area (Å²) < 4.78 is 67.5. The van der Waals surface area contributed by atoms with Crippen LogP contribution in [0.1, 0.15) is 298 Å². The minimum absolute atomic E-state index is 0.103. The third-order valence-electron chi connectivity index (χ3n) is 14.1. The summed E-state index contributed by atoms with van der Waals surface area (Å²) in [5, 5.41) is 10.5. The summed E-state index contributed by atoms with van der Waals surface area (Å²) in [7, 11) is -9.86. The van der Waals surface area contributed by atoms with Crippen molar-refractivity contribution in [3.8, 4) is 0 Å². The van der Waals surface area contributed by atoms with E-state index < -0.39 is 97.5 Å². The van der Waals surface area contributed by atoms with Crippen LogP contribution in [0.2, 0.25) is 0 Å². The van der Waals surface area contributed by atoms with Crippen LogP contribution in [0.25, 0.3) is 0 Å². The molecule has 79 heavy (non-hydrogen) atoms. The lowest BCUT2D eigenvalue weighted by Crippen LogP contribution is -2.30. The molecule has 0 aliphatic heterocycles. The van der Waals surface area contributed by atoms with Gasteiger partial charge in [0.25, 0.3) is 0 Å². The fourth-order valence-corrected chi connectivity index (χ4v) is 10.4. The second kappa shape index (κ2) is 54.0. The third kappa shape index (κ3) is 53.8. The van der Waals surface area contributed by atoms with Crippen molar-refractivity contribution < 1.29 is 80.2 Å². The van der Waals surface area contributed by atoms with Gasteiger partial charge >= 0.3 is 39.5 Å². The van der Waals surface area contributed by atoms with Crippen molar-refractivity contribution in [1.82, 2.24) is 0 Å². The number of carbonyl (C=O) groups is 4. The Morgan fingerprint density at radius 1 is 0.354 bits per heavy atom. The van der Waals surface area contributed by atoms with Crippen LogP contribution in [-0.2, 0) is 65.4 Å². The molecule has 0 aromatic rings. The smallest absolute Gasteiger partial charge is 0.462 e. The zero-order chi connectivity index (χ0) is 58.5. The van der Waals surface area contributed by atoms with Crippen LogP contribution < -0.4 is 0 Å². The quantitative estimate of drug-likeness (QED) is 0.0222. The second-order valence-electron chi connectivity index (χ2n) is 22.0. The summed E-state index contributed by atoms with van der Waals surface area (Å²) in [6.07, 6.45) is 36.6. The van der Waals surface area contributed by atoms with Gasteiger partial charge in [-0.05, 0) is 31.6 Å². The number of hydrogen-bond acceptors (Lipinski definition) is 15. The predicted octanol–water partition coefficient (Wildman–Crippen LogP) is 16.2. The third-order valence-corrected chi connectivity index (χ3v) is 16.0. The molecule has 0 heterocycles. The summed E-state index contributed by atoms with van der Waals surface area (Å²) >= 11 is 0. The molecular weight excluding hydrogens is 1050 g/mol. The highest BCUT2D eigenvalue weighted by Crippen LogP contribution is 2.45. The minimum Gasteiger partial charge on any atom is -0.462 e.